The summed E-state index contributed by atoms with van der Waals surface area (Å²) in [4.78, 5) is 34.3. The highest BCUT2D eigenvalue weighted by molar-refractivity contribution is 5.87. The molecule has 2 aromatic carbocycles. The molecule has 0 heterocycles. The summed E-state index contributed by atoms with van der Waals surface area (Å²) in [6.45, 7) is 1.12. The Hall–Kier alpha value is -3.35. The molecule has 2 rings (SSSR count). The monoisotopic (exact) mass is 398 g/mol. The van der Waals surface area contributed by atoms with Gasteiger partial charge in [0.05, 0.1) is 5.56 Å². The smallest absolute Gasteiger partial charge is 0.407 e. The molecule has 2 aromatic rings. The fourth-order valence-corrected chi connectivity index (χ4v) is 2.61. The quantitative estimate of drug-likeness (QED) is 0.503. The average Bonchev–Trinajstić information content (AvgIpc) is 2.74. The molecule has 0 aromatic heterocycles. The number of alkyl carbamates (subject to hydrolysis) is 1. The SMILES string of the molecule is O=C(CCCCCNC(=O)OCc1ccccc1)NCc1ccc(C(=O)O)cc1. The van der Waals surface area contributed by atoms with Crippen LogP contribution in [0.25, 0.3) is 0 Å². The van der Waals surface area contributed by atoms with Crippen LogP contribution in [0.4, 0.5) is 4.79 Å². The summed E-state index contributed by atoms with van der Waals surface area (Å²) in [7, 11) is 0. The Balaban J connectivity index is 1.48. The third-order valence-electron chi connectivity index (χ3n) is 4.25. The number of rotatable bonds is 11. The number of carbonyl (C=O) groups excluding carboxylic acids is 2. The number of hydrogen-bond donors (Lipinski definition) is 3. The van der Waals surface area contributed by atoms with Gasteiger partial charge in [0.15, 0.2) is 0 Å². The zero-order chi connectivity index (χ0) is 20.9. The molecule has 29 heavy (non-hydrogen) atoms. The number of amides is 2. The van der Waals surface area contributed by atoms with Gasteiger partial charge in [0.25, 0.3) is 0 Å². The Morgan fingerprint density at radius 3 is 2.24 bits per heavy atom. The van der Waals surface area contributed by atoms with E-state index in [2.05, 4.69) is 10.6 Å². The fourth-order valence-electron chi connectivity index (χ4n) is 2.61. The highest BCUT2D eigenvalue weighted by Gasteiger charge is 2.05. The Morgan fingerprint density at radius 1 is 0.828 bits per heavy atom. The van der Waals surface area contributed by atoms with E-state index in [0.29, 0.717) is 19.5 Å². The summed E-state index contributed by atoms with van der Waals surface area (Å²) in [5, 5.41) is 14.4. The molecule has 0 spiro atoms. The molecule has 0 aliphatic heterocycles. The van der Waals surface area contributed by atoms with Gasteiger partial charge in [-0.2, -0.15) is 0 Å². The highest BCUT2D eigenvalue weighted by Crippen LogP contribution is 2.05. The van der Waals surface area contributed by atoms with E-state index in [1.165, 1.54) is 12.1 Å². The molecule has 0 aliphatic carbocycles. The summed E-state index contributed by atoms with van der Waals surface area (Å²) in [6.07, 6.45) is 2.28. The maximum atomic E-state index is 11.9. The van der Waals surface area contributed by atoms with Crippen LogP contribution in [-0.2, 0) is 22.7 Å². The Kier molecular flexibility index (Phi) is 9.21. The Labute approximate surface area is 170 Å². The van der Waals surface area contributed by atoms with Gasteiger partial charge in [-0.3, -0.25) is 4.79 Å². The first kappa shape index (κ1) is 21.9. The second-order valence-electron chi connectivity index (χ2n) is 6.58. The number of benzene rings is 2. The zero-order valence-electron chi connectivity index (χ0n) is 16.2. The minimum atomic E-state index is -0.973. The minimum absolute atomic E-state index is 0.0532. The number of hydrogen-bond acceptors (Lipinski definition) is 4. The topological polar surface area (TPSA) is 105 Å². The first-order valence-electron chi connectivity index (χ1n) is 9.58. The van der Waals surface area contributed by atoms with Crippen LogP contribution in [0, 0.1) is 0 Å². The highest BCUT2D eigenvalue weighted by atomic mass is 16.5. The molecule has 0 unspecified atom stereocenters. The molecule has 0 aliphatic rings. The van der Waals surface area contributed by atoms with Crippen molar-refractivity contribution in [3.05, 3.63) is 71.3 Å². The molecule has 7 nitrogen and oxygen atoms in total. The van der Waals surface area contributed by atoms with Crippen LogP contribution >= 0.6 is 0 Å². The van der Waals surface area contributed by atoms with Crippen LogP contribution in [0.3, 0.4) is 0 Å². The van der Waals surface area contributed by atoms with Gasteiger partial charge >= 0.3 is 12.1 Å². The largest absolute Gasteiger partial charge is 0.478 e. The van der Waals surface area contributed by atoms with E-state index < -0.39 is 12.1 Å². The van der Waals surface area contributed by atoms with Gasteiger partial charge in [-0.05, 0) is 36.1 Å². The van der Waals surface area contributed by atoms with Gasteiger partial charge < -0.3 is 20.5 Å². The number of carboxylic acid groups (broad SMARTS) is 1. The summed E-state index contributed by atoms with van der Waals surface area (Å²) in [5.74, 6) is -1.03. The van der Waals surface area contributed by atoms with Gasteiger partial charge in [0.2, 0.25) is 5.91 Å². The molecular formula is C22H26N2O5. The van der Waals surface area contributed by atoms with Crippen molar-refractivity contribution in [3.8, 4) is 0 Å². The first-order valence-corrected chi connectivity index (χ1v) is 9.58. The van der Waals surface area contributed by atoms with Crippen molar-refractivity contribution in [1.29, 1.82) is 0 Å². The van der Waals surface area contributed by atoms with Crippen molar-refractivity contribution < 1.29 is 24.2 Å². The van der Waals surface area contributed by atoms with E-state index in [-0.39, 0.29) is 18.1 Å². The van der Waals surface area contributed by atoms with Crippen LogP contribution in [-0.4, -0.2) is 29.6 Å². The van der Waals surface area contributed by atoms with Crippen LogP contribution < -0.4 is 10.6 Å². The van der Waals surface area contributed by atoms with Gasteiger partial charge in [-0.25, -0.2) is 9.59 Å². The van der Waals surface area contributed by atoms with E-state index in [0.717, 1.165) is 30.4 Å². The number of carbonyl (C=O) groups is 3. The summed E-state index contributed by atoms with van der Waals surface area (Å²) < 4.78 is 5.12. The van der Waals surface area contributed by atoms with Gasteiger partial charge in [0, 0.05) is 19.5 Å². The van der Waals surface area contributed by atoms with E-state index in [1.54, 1.807) is 12.1 Å². The predicted molar refractivity (Wildman–Crippen MR) is 108 cm³/mol. The first-order chi connectivity index (χ1) is 14.0. The van der Waals surface area contributed by atoms with Gasteiger partial charge in [0.1, 0.15) is 6.61 Å². The number of aromatic carboxylic acids is 1. The molecule has 0 atom stereocenters. The number of nitrogens with one attached hydrogen (secondary N) is 2. The molecule has 3 N–H and O–H groups in total. The van der Waals surface area contributed by atoms with Crippen molar-refractivity contribution in [2.45, 2.75) is 38.8 Å². The zero-order valence-corrected chi connectivity index (χ0v) is 16.2. The van der Waals surface area contributed by atoms with Crippen LogP contribution in [0.5, 0.6) is 0 Å². The standard InChI is InChI=1S/C22H26N2O5/c25-20(24-15-17-10-12-19(13-11-17)21(26)27)9-5-2-6-14-23-22(28)29-16-18-7-3-1-4-8-18/h1,3-4,7-8,10-13H,2,5-6,9,14-16H2,(H,23,28)(H,24,25)(H,26,27). The molecule has 154 valence electrons. The third-order valence-corrected chi connectivity index (χ3v) is 4.25. The molecule has 2 amide bonds. The molecule has 0 bridgehead atoms. The van der Waals surface area contributed by atoms with E-state index >= 15 is 0 Å². The molecule has 0 saturated heterocycles. The van der Waals surface area contributed by atoms with Crippen LogP contribution in [0.2, 0.25) is 0 Å². The summed E-state index contributed by atoms with van der Waals surface area (Å²) >= 11 is 0. The number of ether oxygens (including phenoxy) is 1. The lowest BCUT2D eigenvalue weighted by Crippen LogP contribution is -2.25. The van der Waals surface area contributed by atoms with Crippen molar-refractivity contribution in [2.24, 2.45) is 0 Å². The van der Waals surface area contributed by atoms with Crippen LogP contribution in [0.1, 0.15) is 47.2 Å². The van der Waals surface area contributed by atoms with Gasteiger partial charge in [-0.15, -0.1) is 0 Å². The van der Waals surface area contributed by atoms with Crippen molar-refractivity contribution >= 4 is 18.0 Å². The normalized spacial score (nSPS) is 10.2. The lowest BCUT2D eigenvalue weighted by atomic mass is 10.1. The van der Waals surface area contributed by atoms with Crippen molar-refractivity contribution in [1.82, 2.24) is 10.6 Å². The number of carboxylic acids is 1. The Morgan fingerprint density at radius 2 is 1.55 bits per heavy atom. The molecule has 0 radical (unpaired) electrons. The molecule has 0 fully saturated rings. The third kappa shape index (κ3) is 8.92. The van der Waals surface area contributed by atoms with E-state index in [9.17, 15) is 14.4 Å². The molecular weight excluding hydrogens is 372 g/mol. The minimum Gasteiger partial charge on any atom is -0.478 e. The fraction of sp³-hybridized carbons (Fsp3) is 0.318. The lowest BCUT2D eigenvalue weighted by Gasteiger charge is -2.08. The second-order valence-corrected chi connectivity index (χ2v) is 6.58. The van der Waals surface area contributed by atoms with E-state index in [1.807, 2.05) is 30.3 Å². The van der Waals surface area contributed by atoms with E-state index in [4.69, 9.17) is 9.84 Å². The van der Waals surface area contributed by atoms with Crippen LogP contribution in [0.15, 0.2) is 54.6 Å². The van der Waals surface area contributed by atoms with Crippen molar-refractivity contribution in [3.63, 3.8) is 0 Å². The maximum absolute atomic E-state index is 11.9. The van der Waals surface area contributed by atoms with Gasteiger partial charge in [-0.1, -0.05) is 48.9 Å². The average molecular weight is 398 g/mol. The van der Waals surface area contributed by atoms with Crippen molar-refractivity contribution in [2.75, 3.05) is 6.54 Å². The summed E-state index contributed by atoms with van der Waals surface area (Å²) in [5.41, 5.74) is 2.01. The predicted octanol–water partition coefficient (Wildman–Crippen LogP) is 3.49. The number of unbranched alkanes of at least 4 members (excludes halogenated alkanes) is 2. The molecule has 0 saturated carbocycles. The maximum Gasteiger partial charge on any atom is 0.407 e. The lowest BCUT2D eigenvalue weighted by molar-refractivity contribution is -0.121. The molecule has 7 heteroatoms. The second kappa shape index (κ2) is 12.2. The summed E-state index contributed by atoms with van der Waals surface area (Å²) in [6, 6.07) is 15.9. The Bertz CT molecular complexity index is 791.